The van der Waals surface area contributed by atoms with Gasteiger partial charge in [-0.15, -0.1) is 0 Å². The molecule has 0 saturated heterocycles. The maximum Gasteiger partial charge on any atom is 0.244 e. The molecule has 2 amide bonds. The van der Waals surface area contributed by atoms with Crippen molar-refractivity contribution in [2.45, 2.75) is 89.8 Å². The third-order valence-corrected chi connectivity index (χ3v) is 11.1. The Kier molecular flexibility index (Phi) is 8.70. The van der Waals surface area contributed by atoms with Crippen molar-refractivity contribution < 1.29 is 22.4 Å². The van der Waals surface area contributed by atoms with Crippen LogP contribution in [0.3, 0.4) is 0 Å². The van der Waals surface area contributed by atoms with Crippen LogP contribution in [0.2, 0.25) is 0 Å². The molecule has 7 nitrogen and oxygen atoms in total. The summed E-state index contributed by atoms with van der Waals surface area (Å²) in [4.78, 5) is 28.2. The number of benzene rings is 2. The molecule has 6 rings (SSSR count). The minimum absolute atomic E-state index is 0.0385. The van der Waals surface area contributed by atoms with Crippen LogP contribution >= 0.6 is 0 Å². The zero-order valence-electron chi connectivity index (χ0n) is 25.2. The van der Waals surface area contributed by atoms with Crippen molar-refractivity contribution in [1.29, 1.82) is 0 Å². The third kappa shape index (κ3) is 6.51. The first-order valence-electron chi connectivity index (χ1n) is 15.3. The summed E-state index contributed by atoms with van der Waals surface area (Å²) in [7, 11) is -3.82. The maximum atomic E-state index is 13.8. The number of nitrogens with zero attached hydrogens (tertiary/aromatic N) is 2. The normalized spacial score (nSPS) is 26.0. The molecule has 1 N–H and O–H groups in total. The minimum Gasteiger partial charge on any atom is -0.352 e. The van der Waals surface area contributed by atoms with Gasteiger partial charge < -0.3 is 10.2 Å². The Morgan fingerprint density at radius 2 is 1.50 bits per heavy atom. The molecule has 4 aliphatic rings. The Bertz CT molecular complexity index is 1360. The van der Waals surface area contributed by atoms with Gasteiger partial charge in [0.2, 0.25) is 21.8 Å². The van der Waals surface area contributed by atoms with Crippen LogP contribution in [0.15, 0.2) is 48.5 Å². The summed E-state index contributed by atoms with van der Waals surface area (Å²) in [5.74, 6) is 1.15. The standard InChI is InChI=1S/C33H44FN3O4S/c1-5-22(2)35-32(39)23(3)36(20-24-6-10-29(34)11-7-24)31(38)21-37(42(4,40)41)30-12-8-28(9-13-30)33-17-25-14-26(18-33)16-27(15-25)19-33/h6-13,22-23,25-27H,5,14-21H2,1-4H3,(H,35,39)/t22-,23+,25?,26?,27?,33?/m1/s1. The Morgan fingerprint density at radius 3 is 2.00 bits per heavy atom. The fourth-order valence-electron chi connectivity index (χ4n) is 7.89. The van der Waals surface area contributed by atoms with Crippen molar-refractivity contribution in [3.63, 3.8) is 0 Å². The van der Waals surface area contributed by atoms with Gasteiger partial charge in [0.1, 0.15) is 18.4 Å². The lowest BCUT2D eigenvalue weighted by Gasteiger charge is -2.57. The van der Waals surface area contributed by atoms with Crippen molar-refractivity contribution in [2.24, 2.45) is 17.8 Å². The summed E-state index contributed by atoms with van der Waals surface area (Å²) in [6, 6.07) is 12.6. The average molecular weight is 598 g/mol. The molecule has 0 spiro atoms. The van der Waals surface area contributed by atoms with Gasteiger partial charge in [-0.2, -0.15) is 0 Å². The lowest BCUT2D eigenvalue weighted by Crippen LogP contribution is -2.52. The number of nitrogens with one attached hydrogen (secondary N) is 1. The molecule has 0 aliphatic heterocycles. The van der Waals surface area contributed by atoms with E-state index < -0.39 is 34.3 Å². The summed E-state index contributed by atoms with van der Waals surface area (Å²) in [5.41, 5.74) is 2.53. The summed E-state index contributed by atoms with van der Waals surface area (Å²) in [6.45, 7) is 5.06. The molecule has 42 heavy (non-hydrogen) atoms. The highest BCUT2D eigenvalue weighted by Gasteiger charge is 2.51. The molecule has 2 aromatic rings. The monoisotopic (exact) mass is 597 g/mol. The topological polar surface area (TPSA) is 86.8 Å². The van der Waals surface area contributed by atoms with Gasteiger partial charge in [0.15, 0.2) is 0 Å². The molecule has 9 heteroatoms. The largest absolute Gasteiger partial charge is 0.352 e. The van der Waals surface area contributed by atoms with Crippen LogP contribution in [-0.2, 0) is 31.6 Å². The van der Waals surface area contributed by atoms with E-state index in [1.807, 2.05) is 26.0 Å². The minimum atomic E-state index is -3.82. The quantitative estimate of drug-likeness (QED) is 0.376. The number of hydrogen-bond donors (Lipinski definition) is 1. The molecule has 0 unspecified atom stereocenters. The summed E-state index contributed by atoms with van der Waals surface area (Å²) >= 11 is 0. The molecule has 2 aromatic carbocycles. The molecule has 4 fully saturated rings. The van der Waals surface area contributed by atoms with Crippen molar-refractivity contribution >= 4 is 27.5 Å². The second-order valence-corrected chi connectivity index (χ2v) is 15.1. The predicted octanol–water partition coefficient (Wildman–Crippen LogP) is 5.39. The zero-order chi connectivity index (χ0) is 30.2. The van der Waals surface area contributed by atoms with E-state index in [0.29, 0.717) is 11.3 Å². The van der Waals surface area contributed by atoms with Gasteiger partial charge in [0.05, 0.1) is 11.9 Å². The number of carbonyl (C=O) groups is 2. The third-order valence-electron chi connectivity index (χ3n) is 9.92. The molecule has 0 heterocycles. The van der Waals surface area contributed by atoms with Crippen molar-refractivity contribution in [3.8, 4) is 0 Å². The fourth-order valence-corrected chi connectivity index (χ4v) is 8.74. The number of sulfonamides is 1. The van der Waals surface area contributed by atoms with Gasteiger partial charge in [-0.1, -0.05) is 31.2 Å². The number of anilines is 1. The van der Waals surface area contributed by atoms with E-state index in [-0.39, 0.29) is 23.9 Å². The van der Waals surface area contributed by atoms with Gasteiger partial charge in [-0.25, -0.2) is 12.8 Å². The Morgan fingerprint density at radius 1 is 0.952 bits per heavy atom. The number of rotatable bonds is 11. The van der Waals surface area contributed by atoms with Gasteiger partial charge >= 0.3 is 0 Å². The van der Waals surface area contributed by atoms with Crippen molar-refractivity contribution in [3.05, 3.63) is 65.5 Å². The van der Waals surface area contributed by atoms with E-state index in [2.05, 4.69) is 17.4 Å². The summed E-state index contributed by atoms with van der Waals surface area (Å²) < 4.78 is 40.7. The zero-order valence-corrected chi connectivity index (χ0v) is 26.0. The van der Waals surface area contributed by atoms with Gasteiger partial charge in [0, 0.05) is 12.6 Å². The first kappa shape index (κ1) is 30.5. The first-order valence-corrected chi connectivity index (χ1v) is 17.1. The molecule has 4 bridgehead atoms. The van der Waals surface area contributed by atoms with Crippen LogP contribution in [-0.4, -0.2) is 50.0 Å². The Hall–Kier alpha value is -2.94. The molecular formula is C33H44FN3O4S. The van der Waals surface area contributed by atoms with Crippen LogP contribution in [0.4, 0.5) is 10.1 Å². The maximum absolute atomic E-state index is 13.8. The highest BCUT2D eigenvalue weighted by Crippen LogP contribution is 2.60. The highest BCUT2D eigenvalue weighted by molar-refractivity contribution is 7.92. The lowest BCUT2D eigenvalue weighted by molar-refractivity contribution is -0.139. The lowest BCUT2D eigenvalue weighted by atomic mass is 9.48. The van der Waals surface area contributed by atoms with Crippen molar-refractivity contribution in [2.75, 3.05) is 17.1 Å². The van der Waals surface area contributed by atoms with E-state index in [1.165, 1.54) is 61.1 Å². The van der Waals surface area contributed by atoms with E-state index in [1.54, 1.807) is 19.1 Å². The molecule has 0 aromatic heterocycles. The number of halogens is 1. The smallest absolute Gasteiger partial charge is 0.244 e. The van der Waals surface area contributed by atoms with Gasteiger partial charge in [0.25, 0.3) is 0 Å². The second kappa shape index (κ2) is 12.0. The molecule has 228 valence electrons. The van der Waals surface area contributed by atoms with Gasteiger partial charge in [-0.05, 0) is 117 Å². The van der Waals surface area contributed by atoms with Crippen LogP contribution in [0.25, 0.3) is 0 Å². The highest BCUT2D eigenvalue weighted by atomic mass is 32.2. The van der Waals surface area contributed by atoms with Crippen LogP contribution in [0, 0.1) is 23.6 Å². The molecule has 4 saturated carbocycles. The number of carbonyl (C=O) groups excluding carboxylic acids is 2. The summed E-state index contributed by atoms with van der Waals surface area (Å²) in [5, 5.41) is 2.91. The van der Waals surface area contributed by atoms with Crippen LogP contribution in [0.1, 0.15) is 76.8 Å². The predicted molar refractivity (Wildman–Crippen MR) is 163 cm³/mol. The van der Waals surface area contributed by atoms with E-state index in [0.717, 1.165) is 34.7 Å². The van der Waals surface area contributed by atoms with Gasteiger partial charge in [-0.3, -0.25) is 13.9 Å². The number of hydrogen-bond acceptors (Lipinski definition) is 4. The molecule has 2 atom stereocenters. The first-order chi connectivity index (χ1) is 19.9. The SMILES string of the molecule is CC[C@@H](C)NC(=O)[C@H](C)N(Cc1ccc(F)cc1)C(=O)CN(c1ccc(C23CC4CC(CC(C4)C2)C3)cc1)S(C)(=O)=O. The Balaban J connectivity index is 1.38. The Labute approximate surface area is 249 Å². The van der Waals surface area contributed by atoms with E-state index >= 15 is 0 Å². The van der Waals surface area contributed by atoms with Crippen LogP contribution < -0.4 is 9.62 Å². The fraction of sp³-hybridized carbons (Fsp3) is 0.576. The van der Waals surface area contributed by atoms with Crippen molar-refractivity contribution in [1.82, 2.24) is 10.2 Å². The molecule has 4 aliphatic carbocycles. The second-order valence-electron chi connectivity index (χ2n) is 13.2. The summed E-state index contributed by atoms with van der Waals surface area (Å²) in [6.07, 6.45) is 9.50. The average Bonchev–Trinajstić information content (AvgIpc) is 2.93. The van der Waals surface area contributed by atoms with Crippen LogP contribution in [0.5, 0.6) is 0 Å². The number of amides is 2. The van der Waals surface area contributed by atoms with E-state index in [9.17, 15) is 22.4 Å². The van der Waals surface area contributed by atoms with E-state index in [4.69, 9.17) is 0 Å². The molecule has 0 radical (unpaired) electrons. The molecular weight excluding hydrogens is 553 g/mol.